The molecule has 3 rings (SSSR count). The Hall–Kier alpha value is -2.92. The van der Waals surface area contributed by atoms with E-state index in [9.17, 15) is 9.18 Å². The van der Waals surface area contributed by atoms with E-state index in [1.165, 1.54) is 18.3 Å². The van der Waals surface area contributed by atoms with Crippen LogP contribution in [-0.2, 0) is 0 Å². The first-order chi connectivity index (χ1) is 11.9. The number of aromatic nitrogens is 1. The lowest BCUT2D eigenvalue weighted by atomic mass is 9.99. The minimum atomic E-state index is -0.613. The third-order valence-corrected chi connectivity index (χ3v) is 4.21. The highest BCUT2D eigenvalue weighted by molar-refractivity contribution is 6.34. The fourth-order valence-electron chi connectivity index (χ4n) is 2.60. The fraction of sp³-hybridized carbons (Fsp3) is 0.0526. The van der Waals surface area contributed by atoms with Crippen LogP contribution in [0.25, 0.3) is 22.3 Å². The number of primary amides is 1. The zero-order valence-electron chi connectivity index (χ0n) is 13.4. The summed E-state index contributed by atoms with van der Waals surface area (Å²) in [4.78, 5) is 15.5. The zero-order chi connectivity index (χ0) is 18.1. The number of halogens is 2. The number of hydrogen-bond donors (Lipinski definition) is 2. The highest BCUT2D eigenvalue weighted by Gasteiger charge is 2.13. The summed E-state index contributed by atoms with van der Waals surface area (Å²) in [5.74, 6) is -0.678. The number of carbonyl (C=O) groups excluding carboxylic acids is 1. The largest absolute Gasteiger partial charge is 0.383 e. The van der Waals surface area contributed by atoms with Gasteiger partial charge in [0, 0.05) is 22.9 Å². The number of pyridine rings is 1. The second-order valence-electron chi connectivity index (χ2n) is 5.70. The number of benzene rings is 2. The third kappa shape index (κ3) is 3.32. The predicted molar refractivity (Wildman–Crippen MR) is 97.7 cm³/mol. The maximum Gasteiger partial charge on any atom is 0.250 e. The molecule has 126 valence electrons. The van der Waals surface area contributed by atoms with Crippen molar-refractivity contribution in [2.45, 2.75) is 6.92 Å². The molecule has 0 spiro atoms. The zero-order valence-corrected chi connectivity index (χ0v) is 14.1. The lowest BCUT2D eigenvalue weighted by Gasteiger charge is -2.11. The van der Waals surface area contributed by atoms with E-state index < -0.39 is 5.91 Å². The molecule has 0 unspecified atom stereocenters. The van der Waals surface area contributed by atoms with Crippen LogP contribution in [0.15, 0.2) is 48.7 Å². The number of carbonyl (C=O) groups is 1. The van der Waals surface area contributed by atoms with Crippen molar-refractivity contribution in [2.75, 3.05) is 5.73 Å². The quantitative estimate of drug-likeness (QED) is 0.738. The average molecular weight is 356 g/mol. The molecule has 0 atom stereocenters. The molecule has 0 saturated carbocycles. The first-order valence-electron chi connectivity index (χ1n) is 7.48. The van der Waals surface area contributed by atoms with E-state index in [4.69, 9.17) is 23.1 Å². The van der Waals surface area contributed by atoms with Crippen molar-refractivity contribution < 1.29 is 9.18 Å². The van der Waals surface area contributed by atoms with Gasteiger partial charge in [-0.15, -0.1) is 0 Å². The predicted octanol–water partition coefficient (Wildman–Crippen LogP) is 4.20. The van der Waals surface area contributed by atoms with Crippen LogP contribution in [0.1, 0.15) is 15.9 Å². The number of rotatable bonds is 3. The fourth-order valence-corrected chi connectivity index (χ4v) is 2.87. The topological polar surface area (TPSA) is 82.0 Å². The van der Waals surface area contributed by atoms with E-state index in [0.717, 1.165) is 5.56 Å². The Morgan fingerprint density at radius 2 is 1.84 bits per heavy atom. The molecule has 0 aliphatic carbocycles. The van der Waals surface area contributed by atoms with Crippen molar-refractivity contribution in [3.8, 4) is 22.3 Å². The summed E-state index contributed by atoms with van der Waals surface area (Å²) in [5.41, 5.74) is 14.7. The molecule has 1 heterocycles. The van der Waals surface area contributed by atoms with Crippen LogP contribution in [0.3, 0.4) is 0 Å². The number of nitrogens with zero attached hydrogens (tertiary/aromatic N) is 1. The van der Waals surface area contributed by atoms with Crippen molar-refractivity contribution >= 4 is 23.3 Å². The van der Waals surface area contributed by atoms with Gasteiger partial charge in [0.05, 0.1) is 10.6 Å². The summed E-state index contributed by atoms with van der Waals surface area (Å²) in [7, 11) is 0. The van der Waals surface area contributed by atoms with Crippen molar-refractivity contribution in [1.82, 2.24) is 4.98 Å². The maximum atomic E-state index is 14.2. The minimum absolute atomic E-state index is 0.219. The molecular formula is C19H15ClFN3O. The van der Waals surface area contributed by atoms with E-state index in [1.807, 2.05) is 6.92 Å². The summed E-state index contributed by atoms with van der Waals surface area (Å²) >= 11 is 6.11. The summed E-state index contributed by atoms with van der Waals surface area (Å²) in [6.45, 7) is 1.89. The van der Waals surface area contributed by atoms with Gasteiger partial charge in [-0.05, 0) is 42.8 Å². The van der Waals surface area contributed by atoms with Gasteiger partial charge in [-0.3, -0.25) is 4.79 Å². The highest BCUT2D eigenvalue weighted by Crippen LogP contribution is 2.33. The number of nitrogens with two attached hydrogens (primary N) is 2. The standard InChI is InChI=1S/C19H15ClFN3O/c1-10-2-5-17(21)14(6-10)12-7-15(18(22)24-9-12)11-3-4-13(19(23)25)16(20)8-11/h2-9H,1H3,(H2,22,24)(H2,23,25). The van der Waals surface area contributed by atoms with E-state index in [0.29, 0.717) is 22.3 Å². The number of hydrogen-bond acceptors (Lipinski definition) is 3. The molecule has 6 heteroatoms. The summed E-state index contributed by atoms with van der Waals surface area (Å²) in [6, 6.07) is 11.4. The van der Waals surface area contributed by atoms with Crippen molar-refractivity contribution in [3.05, 3.63) is 70.6 Å². The van der Waals surface area contributed by atoms with Crippen LogP contribution < -0.4 is 11.5 Å². The molecule has 4 nitrogen and oxygen atoms in total. The lowest BCUT2D eigenvalue weighted by molar-refractivity contribution is 0.100. The van der Waals surface area contributed by atoms with Crippen LogP contribution >= 0.6 is 11.6 Å². The highest BCUT2D eigenvalue weighted by atomic mass is 35.5. The van der Waals surface area contributed by atoms with Gasteiger partial charge in [-0.2, -0.15) is 0 Å². The number of aryl methyl sites for hydroxylation is 1. The van der Waals surface area contributed by atoms with E-state index in [1.54, 1.807) is 30.3 Å². The Labute approximate surface area is 149 Å². The molecule has 0 fully saturated rings. The first kappa shape index (κ1) is 16.9. The lowest BCUT2D eigenvalue weighted by Crippen LogP contribution is -2.11. The Kier molecular flexibility index (Phi) is 4.42. The normalized spacial score (nSPS) is 10.7. The van der Waals surface area contributed by atoms with Gasteiger partial charge in [0.2, 0.25) is 5.91 Å². The van der Waals surface area contributed by atoms with Crippen LogP contribution in [0.4, 0.5) is 10.2 Å². The molecule has 0 radical (unpaired) electrons. The Balaban J connectivity index is 2.13. The van der Waals surface area contributed by atoms with Gasteiger partial charge in [-0.1, -0.05) is 29.3 Å². The summed E-state index contributed by atoms with van der Waals surface area (Å²) < 4.78 is 14.2. The first-order valence-corrected chi connectivity index (χ1v) is 7.86. The van der Waals surface area contributed by atoms with E-state index >= 15 is 0 Å². The molecule has 0 aliphatic rings. The number of amides is 1. The molecule has 0 saturated heterocycles. The van der Waals surface area contributed by atoms with Crippen LogP contribution in [0, 0.1) is 12.7 Å². The van der Waals surface area contributed by atoms with Crippen molar-refractivity contribution in [1.29, 1.82) is 0 Å². The van der Waals surface area contributed by atoms with Gasteiger partial charge < -0.3 is 11.5 Å². The Morgan fingerprint density at radius 1 is 1.08 bits per heavy atom. The Bertz CT molecular complexity index is 988. The van der Waals surface area contributed by atoms with Gasteiger partial charge in [0.25, 0.3) is 0 Å². The van der Waals surface area contributed by atoms with E-state index in [2.05, 4.69) is 4.98 Å². The molecule has 4 N–H and O–H groups in total. The molecule has 3 aromatic rings. The van der Waals surface area contributed by atoms with Gasteiger partial charge in [-0.25, -0.2) is 9.37 Å². The van der Waals surface area contributed by atoms with Crippen LogP contribution in [-0.4, -0.2) is 10.9 Å². The molecule has 0 bridgehead atoms. The van der Waals surface area contributed by atoms with Crippen molar-refractivity contribution in [2.24, 2.45) is 5.73 Å². The second kappa shape index (κ2) is 6.53. The third-order valence-electron chi connectivity index (χ3n) is 3.90. The molecule has 1 amide bonds. The summed E-state index contributed by atoms with van der Waals surface area (Å²) in [6.07, 6.45) is 1.52. The number of nitrogen functional groups attached to an aromatic ring is 1. The SMILES string of the molecule is Cc1ccc(F)c(-c2cnc(N)c(-c3ccc(C(N)=O)c(Cl)c3)c2)c1. The average Bonchev–Trinajstić information content (AvgIpc) is 2.57. The number of anilines is 1. The molecule has 0 aliphatic heterocycles. The monoisotopic (exact) mass is 355 g/mol. The van der Waals surface area contributed by atoms with Crippen LogP contribution in [0.2, 0.25) is 5.02 Å². The van der Waals surface area contributed by atoms with Gasteiger partial charge in [0.15, 0.2) is 0 Å². The van der Waals surface area contributed by atoms with Gasteiger partial charge >= 0.3 is 0 Å². The maximum absolute atomic E-state index is 14.2. The minimum Gasteiger partial charge on any atom is -0.383 e. The second-order valence-corrected chi connectivity index (χ2v) is 6.11. The van der Waals surface area contributed by atoms with E-state index in [-0.39, 0.29) is 22.2 Å². The summed E-state index contributed by atoms with van der Waals surface area (Å²) in [5, 5.41) is 0.219. The molecular weight excluding hydrogens is 341 g/mol. The smallest absolute Gasteiger partial charge is 0.250 e. The molecule has 25 heavy (non-hydrogen) atoms. The Morgan fingerprint density at radius 3 is 2.52 bits per heavy atom. The van der Waals surface area contributed by atoms with Gasteiger partial charge in [0.1, 0.15) is 11.6 Å². The molecule has 1 aromatic heterocycles. The molecule has 2 aromatic carbocycles. The van der Waals surface area contributed by atoms with Crippen molar-refractivity contribution in [3.63, 3.8) is 0 Å². The van der Waals surface area contributed by atoms with Crippen LogP contribution in [0.5, 0.6) is 0 Å².